The summed E-state index contributed by atoms with van der Waals surface area (Å²) in [5, 5.41) is 17.2. The van der Waals surface area contributed by atoms with Gasteiger partial charge in [-0.25, -0.2) is 4.79 Å². The number of aliphatic hydroxyl groups is 1. The number of amidine groups is 1. The number of rotatable bonds is 4. The minimum Gasteiger partial charge on any atom is -0.365 e. The standard InChI is InChI=1S/C19H27Cl2N5O2S/c1-4-14-13(8-12(3)20)19(6-7-25(10-19)17(27)22-5-2)11-26(14)18(28)24-16-23-9-15(21)29-16/h4,8,15,17,22,27H,3,5-7,9-11H2,1-2H3,(H,23,24,28)/b13-8?,14-4+. The second-order valence-electron chi connectivity index (χ2n) is 7.30. The normalized spacial score (nSPS) is 31.1. The van der Waals surface area contributed by atoms with Gasteiger partial charge in [0.1, 0.15) is 4.71 Å². The SMILES string of the molecule is C=C(Cl)C=C1/C(=C\C)N(C(=O)NC2=NCC(Cl)S2)CC12CCN(C(O)NCC)C2. The zero-order valence-electron chi connectivity index (χ0n) is 16.6. The van der Waals surface area contributed by atoms with Gasteiger partial charge in [0.05, 0.1) is 6.54 Å². The monoisotopic (exact) mass is 459 g/mol. The molecule has 0 aromatic rings. The fourth-order valence-electron chi connectivity index (χ4n) is 4.12. The molecule has 3 rings (SSSR count). The molecule has 0 radical (unpaired) electrons. The number of likely N-dealkylation sites (tertiary alicyclic amines) is 2. The van der Waals surface area contributed by atoms with Crippen molar-refractivity contribution in [3.05, 3.63) is 35.0 Å². The van der Waals surface area contributed by atoms with Gasteiger partial charge in [-0.3, -0.25) is 25.4 Å². The maximum Gasteiger partial charge on any atom is 0.327 e. The van der Waals surface area contributed by atoms with Crippen LogP contribution in [0.4, 0.5) is 4.79 Å². The number of carbonyl (C=O) groups is 1. The average Bonchev–Trinajstić information content (AvgIpc) is 3.34. The molecular formula is C19H27Cl2N5O2S. The summed E-state index contributed by atoms with van der Waals surface area (Å²) >= 11 is 13.5. The molecule has 3 N–H and O–H groups in total. The Morgan fingerprint density at radius 2 is 2.31 bits per heavy atom. The Balaban J connectivity index is 1.85. The summed E-state index contributed by atoms with van der Waals surface area (Å²) in [6.07, 6.45) is 3.83. The van der Waals surface area contributed by atoms with Gasteiger partial charge in [0, 0.05) is 35.8 Å². The van der Waals surface area contributed by atoms with Gasteiger partial charge in [-0.15, -0.1) is 11.6 Å². The van der Waals surface area contributed by atoms with Crippen molar-refractivity contribution in [3.8, 4) is 0 Å². The van der Waals surface area contributed by atoms with Crippen LogP contribution in [-0.2, 0) is 0 Å². The fourth-order valence-corrected chi connectivity index (χ4v) is 5.24. The highest BCUT2D eigenvalue weighted by Crippen LogP contribution is 2.49. The molecule has 29 heavy (non-hydrogen) atoms. The van der Waals surface area contributed by atoms with Crippen molar-refractivity contribution in [3.63, 3.8) is 0 Å². The number of aliphatic imine (C=N–C) groups is 1. The van der Waals surface area contributed by atoms with Crippen LogP contribution in [0.3, 0.4) is 0 Å². The number of allylic oxidation sites excluding steroid dienone is 4. The smallest absolute Gasteiger partial charge is 0.327 e. The molecule has 1 spiro atoms. The number of halogens is 2. The van der Waals surface area contributed by atoms with E-state index in [1.165, 1.54) is 11.8 Å². The van der Waals surface area contributed by atoms with E-state index in [0.29, 0.717) is 42.9 Å². The van der Waals surface area contributed by atoms with E-state index in [1.54, 1.807) is 4.90 Å². The number of hydrogen-bond donors (Lipinski definition) is 3. The van der Waals surface area contributed by atoms with Gasteiger partial charge in [-0.05, 0) is 31.5 Å². The maximum atomic E-state index is 13.0. The van der Waals surface area contributed by atoms with Crippen LogP contribution in [0.15, 0.2) is 40.0 Å². The summed E-state index contributed by atoms with van der Waals surface area (Å²) in [4.78, 5) is 21.0. The van der Waals surface area contributed by atoms with Crippen LogP contribution in [-0.4, -0.2) is 69.9 Å². The van der Waals surface area contributed by atoms with E-state index in [-0.39, 0.29) is 16.2 Å². The van der Waals surface area contributed by atoms with Crippen LogP contribution in [0, 0.1) is 5.41 Å². The van der Waals surface area contributed by atoms with Gasteiger partial charge in [0.2, 0.25) is 0 Å². The fraction of sp³-hybridized carbons (Fsp3) is 0.579. The van der Waals surface area contributed by atoms with Gasteiger partial charge in [0.15, 0.2) is 11.5 Å². The van der Waals surface area contributed by atoms with Crippen molar-refractivity contribution in [2.75, 3.05) is 32.7 Å². The Kier molecular flexibility index (Phi) is 7.35. The molecule has 3 heterocycles. The van der Waals surface area contributed by atoms with Crippen LogP contribution in [0.25, 0.3) is 0 Å². The molecule has 2 saturated heterocycles. The first-order valence-electron chi connectivity index (χ1n) is 9.62. The highest BCUT2D eigenvalue weighted by molar-refractivity contribution is 8.15. The number of urea groups is 1. The lowest BCUT2D eigenvalue weighted by atomic mass is 9.80. The van der Waals surface area contributed by atoms with Gasteiger partial charge in [-0.2, -0.15) is 0 Å². The number of aliphatic hydroxyl groups excluding tert-OH is 1. The van der Waals surface area contributed by atoms with Crippen LogP contribution in [0.1, 0.15) is 20.3 Å². The summed E-state index contributed by atoms with van der Waals surface area (Å²) < 4.78 is -0.151. The molecule has 0 bridgehead atoms. The van der Waals surface area contributed by atoms with Crippen molar-refractivity contribution in [2.45, 2.75) is 31.3 Å². The highest BCUT2D eigenvalue weighted by atomic mass is 35.5. The van der Waals surface area contributed by atoms with Crippen molar-refractivity contribution in [1.82, 2.24) is 20.4 Å². The second kappa shape index (κ2) is 9.41. The number of hydrogen-bond acceptors (Lipinski definition) is 6. The van der Waals surface area contributed by atoms with Crippen molar-refractivity contribution in [2.24, 2.45) is 10.4 Å². The Bertz CT molecular complexity index is 772. The van der Waals surface area contributed by atoms with E-state index in [9.17, 15) is 9.90 Å². The van der Waals surface area contributed by atoms with Gasteiger partial charge >= 0.3 is 6.03 Å². The van der Waals surface area contributed by atoms with Gasteiger partial charge < -0.3 is 5.11 Å². The molecule has 0 aliphatic carbocycles. The molecule has 0 saturated carbocycles. The Hall–Kier alpha value is -1.03. The first kappa shape index (κ1) is 22.7. The molecule has 3 atom stereocenters. The van der Waals surface area contributed by atoms with E-state index in [2.05, 4.69) is 22.2 Å². The third kappa shape index (κ3) is 4.84. The zero-order valence-corrected chi connectivity index (χ0v) is 18.9. The highest BCUT2D eigenvalue weighted by Gasteiger charge is 2.51. The zero-order chi connectivity index (χ0) is 21.2. The molecule has 7 nitrogen and oxygen atoms in total. The first-order valence-corrected chi connectivity index (χ1v) is 11.3. The van der Waals surface area contributed by atoms with E-state index >= 15 is 0 Å². The predicted molar refractivity (Wildman–Crippen MR) is 120 cm³/mol. The Morgan fingerprint density at radius 1 is 1.55 bits per heavy atom. The number of carbonyl (C=O) groups excluding carboxylic acids is 1. The molecular weight excluding hydrogens is 433 g/mol. The lowest BCUT2D eigenvalue weighted by molar-refractivity contribution is -0.0106. The number of thioether (sulfide) groups is 1. The van der Waals surface area contributed by atoms with Crippen molar-refractivity contribution in [1.29, 1.82) is 0 Å². The Labute approximate surface area is 185 Å². The molecule has 3 unspecified atom stereocenters. The summed E-state index contributed by atoms with van der Waals surface area (Å²) in [5.74, 6) is 0. The third-order valence-electron chi connectivity index (χ3n) is 5.37. The van der Waals surface area contributed by atoms with Crippen molar-refractivity contribution >= 4 is 46.2 Å². The predicted octanol–water partition coefficient (Wildman–Crippen LogP) is 2.84. The minimum absolute atomic E-state index is 0.151. The summed E-state index contributed by atoms with van der Waals surface area (Å²) in [5.41, 5.74) is 1.44. The second-order valence-corrected chi connectivity index (χ2v) is 9.76. The quantitative estimate of drug-likeness (QED) is 0.444. The molecule has 0 aromatic heterocycles. The van der Waals surface area contributed by atoms with Crippen molar-refractivity contribution < 1.29 is 9.90 Å². The van der Waals surface area contributed by atoms with Crippen LogP contribution >= 0.6 is 35.0 Å². The van der Waals surface area contributed by atoms with Crippen LogP contribution in [0.2, 0.25) is 0 Å². The molecule has 2 amide bonds. The largest absolute Gasteiger partial charge is 0.365 e. The number of amides is 2. The van der Waals surface area contributed by atoms with E-state index < -0.39 is 6.35 Å². The molecule has 10 heteroatoms. The number of alkyl halides is 1. The molecule has 3 aliphatic heterocycles. The summed E-state index contributed by atoms with van der Waals surface area (Å²) in [6, 6.07) is -0.247. The number of nitrogens with one attached hydrogen (secondary N) is 2. The number of nitrogens with zero attached hydrogens (tertiary/aromatic N) is 3. The molecule has 3 aliphatic rings. The lowest BCUT2D eigenvalue weighted by Crippen LogP contribution is -2.46. The minimum atomic E-state index is -0.721. The summed E-state index contributed by atoms with van der Waals surface area (Å²) in [7, 11) is 0. The van der Waals surface area contributed by atoms with E-state index in [0.717, 1.165) is 17.7 Å². The topological polar surface area (TPSA) is 80.2 Å². The third-order valence-corrected chi connectivity index (χ3v) is 6.74. The molecule has 160 valence electrons. The van der Waals surface area contributed by atoms with Gasteiger partial charge in [-0.1, -0.05) is 42.9 Å². The maximum absolute atomic E-state index is 13.0. The molecule has 0 aromatic carbocycles. The summed E-state index contributed by atoms with van der Waals surface area (Å²) in [6.45, 7) is 10.6. The van der Waals surface area contributed by atoms with Crippen LogP contribution < -0.4 is 10.6 Å². The average molecular weight is 460 g/mol. The first-order chi connectivity index (χ1) is 13.8. The van der Waals surface area contributed by atoms with Gasteiger partial charge in [0.25, 0.3) is 0 Å². The Morgan fingerprint density at radius 3 is 2.90 bits per heavy atom. The van der Waals surface area contributed by atoms with E-state index in [1.807, 2.05) is 30.9 Å². The molecule has 2 fully saturated rings. The van der Waals surface area contributed by atoms with E-state index in [4.69, 9.17) is 23.2 Å². The lowest BCUT2D eigenvalue weighted by Gasteiger charge is -2.28. The van der Waals surface area contributed by atoms with Crippen LogP contribution in [0.5, 0.6) is 0 Å².